The SMILES string of the molecule is C=C/C=C/[C@@H](O)[C@@H]1CCC(C)=C(CC#N)C1(C)C. The molecule has 1 rings (SSSR count). The maximum Gasteiger partial charge on any atom is 0.0760 e. The van der Waals surface area contributed by atoms with Crippen molar-refractivity contribution in [3.8, 4) is 6.07 Å². The molecule has 2 heteroatoms. The molecular weight excluding hydrogens is 222 g/mol. The molecule has 0 amide bonds. The molecule has 0 unspecified atom stereocenters. The number of nitriles is 1. The van der Waals surface area contributed by atoms with E-state index in [1.54, 1.807) is 18.2 Å². The molecule has 0 bridgehead atoms. The average Bonchev–Trinajstić information content (AvgIpc) is 2.31. The molecule has 2 atom stereocenters. The molecule has 0 heterocycles. The van der Waals surface area contributed by atoms with Crippen LogP contribution in [0, 0.1) is 22.7 Å². The summed E-state index contributed by atoms with van der Waals surface area (Å²) in [6.07, 6.45) is 7.20. The number of hydrogen-bond donors (Lipinski definition) is 1. The summed E-state index contributed by atoms with van der Waals surface area (Å²) in [4.78, 5) is 0. The van der Waals surface area contributed by atoms with Crippen molar-refractivity contribution >= 4 is 0 Å². The van der Waals surface area contributed by atoms with E-state index in [-0.39, 0.29) is 11.3 Å². The van der Waals surface area contributed by atoms with Gasteiger partial charge in [0, 0.05) is 0 Å². The number of nitrogens with zero attached hydrogens (tertiary/aromatic N) is 1. The van der Waals surface area contributed by atoms with Crippen LogP contribution in [-0.4, -0.2) is 11.2 Å². The second-order valence-electron chi connectivity index (χ2n) is 5.57. The van der Waals surface area contributed by atoms with Crippen molar-refractivity contribution < 1.29 is 5.11 Å². The average molecular weight is 245 g/mol. The van der Waals surface area contributed by atoms with Crippen LogP contribution in [0.4, 0.5) is 0 Å². The lowest BCUT2D eigenvalue weighted by atomic mass is 9.63. The second-order valence-corrected chi connectivity index (χ2v) is 5.57. The number of aliphatic hydroxyl groups is 1. The summed E-state index contributed by atoms with van der Waals surface area (Å²) < 4.78 is 0. The zero-order chi connectivity index (χ0) is 13.8. The monoisotopic (exact) mass is 245 g/mol. The van der Waals surface area contributed by atoms with Gasteiger partial charge in [-0.05, 0) is 31.1 Å². The van der Waals surface area contributed by atoms with Gasteiger partial charge in [0.05, 0.1) is 18.6 Å². The van der Waals surface area contributed by atoms with Gasteiger partial charge in [0.25, 0.3) is 0 Å². The quantitative estimate of drug-likeness (QED) is 0.605. The molecule has 0 saturated carbocycles. The number of rotatable bonds is 4. The van der Waals surface area contributed by atoms with E-state index in [0.29, 0.717) is 6.42 Å². The van der Waals surface area contributed by atoms with Gasteiger partial charge >= 0.3 is 0 Å². The van der Waals surface area contributed by atoms with Crippen molar-refractivity contribution in [3.05, 3.63) is 36.0 Å². The molecule has 0 aromatic rings. The fraction of sp³-hybridized carbons (Fsp3) is 0.562. The van der Waals surface area contributed by atoms with Crippen LogP contribution < -0.4 is 0 Å². The van der Waals surface area contributed by atoms with Crippen molar-refractivity contribution in [2.45, 2.75) is 46.1 Å². The topological polar surface area (TPSA) is 44.0 Å². The lowest BCUT2D eigenvalue weighted by Gasteiger charge is -2.43. The standard InChI is InChI=1S/C16H23NO/c1-5-6-7-15(18)14-9-8-12(2)13(10-11-17)16(14,3)4/h5-7,14-15,18H,1,8-10H2,2-4H3/b7-6+/t14-,15+/m0/s1. The van der Waals surface area contributed by atoms with Crippen LogP contribution >= 0.6 is 0 Å². The molecule has 2 nitrogen and oxygen atoms in total. The third-order valence-corrected chi connectivity index (χ3v) is 4.16. The fourth-order valence-corrected chi connectivity index (χ4v) is 3.04. The molecule has 0 fully saturated rings. The van der Waals surface area contributed by atoms with Gasteiger partial charge in [0.15, 0.2) is 0 Å². The Morgan fingerprint density at radius 1 is 1.61 bits per heavy atom. The summed E-state index contributed by atoms with van der Waals surface area (Å²) in [5.41, 5.74) is 2.40. The summed E-state index contributed by atoms with van der Waals surface area (Å²) in [5.74, 6) is 0.167. The van der Waals surface area contributed by atoms with E-state index in [1.807, 2.05) is 0 Å². The van der Waals surface area contributed by atoms with Crippen LogP contribution in [0.3, 0.4) is 0 Å². The minimum absolute atomic E-state index is 0.122. The van der Waals surface area contributed by atoms with Crippen LogP contribution in [0.1, 0.15) is 40.0 Å². The van der Waals surface area contributed by atoms with Crippen LogP contribution in [0.25, 0.3) is 0 Å². The van der Waals surface area contributed by atoms with E-state index in [1.165, 1.54) is 11.1 Å². The lowest BCUT2D eigenvalue weighted by Crippen LogP contribution is -2.37. The summed E-state index contributed by atoms with van der Waals surface area (Å²) in [7, 11) is 0. The molecule has 0 radical (unpaired) electrons. The Hall–Kier alpha value is -1.33. The van der Waals surface area contributed by atoms with Gasteiger partial charge in [-0.15, -0.1) is 0 Å². The van der Waals surface area contributed by atoms with Crippen molar-refractivity contribution in [2.75, 3.05) is 0 Å². The third-order valence-electron chi connectivity index (χ3n) is 4.16. The summed E-state index contributed by atoms with van der Waals surface area (Å²) in [6.45, 7) is 10.0. The molecule has 1 aliphatic carbocycles. The summed E-state index contributed by atoms with van der Waals surface area (Å²) in [5, 5.41) is 19.2. The van der Waals surface area contributed by atoms with Crippen LogP contribution in [-0.2, 0) is 0 Å². The van der Waals surface area contributed by atoms with Crippen molar-refractivity contribution in [2.24, 2.45) is 11.3 Å². The smallest absolute Gasteiger partial charge is 0.0760 e. The van der Waals surface area contributed by atoms with Crippen LogP contribution in [0.15, 0.2) is 36.0 Å². The molecule has 0 aromatic heterocycles. The van der Waals surface area contributed by atoms with Crippen LogP contribution in [0.2, 0.25) is 0 Å². The first-order valence-electron chi connectivity index (χ1n) is 6.48. The predicted molar refractivity (Wildman–Crippen MR) is 74.8 cm³/mol. The zero-order valence-electron chi connectivity index (χ0n) is 11.6. The predicted octanol–water partition coefficient (Wildman–Crippen LogP) is 3.76. The molecule has 0 saturated heterocycles. The highest BCUT2D eigenvalue weighted by molar-refractivity contribution is 5.28. The fourth-order valence-electron chi connectivity index (χ4n) is 3.04. The molecule has 1 aliphatic rings. The highest BCUT2D eigenvalue weighted by atomic mass is 16.3. The maximum absolute atomic E-state index is 10.3. The first-order valence-corrected chi connectivity index (χ1v) is 6.48. The van der Waals surface area contributed by atoms with Gasteiger partial charge in [-0.25, -0.2) is 0 Å². The minimum atomic E-state index is -0.472. The van der Waals surface area contributed by atoms with E-state index in [9.17, 15) is 5.11 Å². The van der Waals surface area contributed by atoms with E-state index >= 15 is 0 Å². The Kier molecular flexibility index (Phi) is 4.93. The Labute approximate surface area is 110 Å². The molecule has 1 N–H and O–H groups in total. The van der Waals surface area contributed by atoms with Gasteiger partial charge in [0.2, 0.25) is 0 Å². The largest absolute Gasteiger partial charge is 0.389 e. The molecule has 98 valence electrons. The van der Waals surface area contributed by atoms with Crippen molar-refractivity contribution in [1.29, 1.82) is 5.26 Å². The van der Waals surface area contributed by atoms with Gasteiger partial charge in [-0.2, -0.15) is 5.26 Å². The summed E-state index contributed by atoms with van der Waals surface area (Å²) in [6, 6.07) is 2.25. The number of hydrogen-bond acceptors (Lipinski definition) is 2. The first-order chi connectivity index (χ1) is 8.45. The van der Waals surface area contributed by atoms with Gasteiger partial charge < -0.3 is 5.11 Å². The van der Waals surface area contributed by atoms with Gasteiger partial charge in [-0.3, -0.25) is 0 Å². The highest BCUT2D eigenvalue weighted by Gasteiger charge is 2.39. The van der Waals surface area contributed by atoms with E-state index in [4.69, 9.17) is 5.26 Å². The molecular formula is C16H23NO. The molecule has 0 aromatic carbocycles. The molecule has 18 heavy (non-hydrogen) atoms. The Morgan fingerprint density at radius 3 is 2.83 bits per heavy atom. The van der Waals surface area contributed by atoms with Crippen LogP contribution in [0.5, 0.6) is 0 Å². The molecule has 0 spiro atoms. The van der Waals surface area contributed by atoms with E-state index < -0.39 is 6.10 Å². The Bertz CT molecular complexity index is 409. The molecule has 0 aliphatic heterocycles. The Morgan fingerprint density at radius 2 is 2.28 bits per heavy atom. The summed E-state index contributed by atoms with van der Waals surface area (Å²) >= 11 is 0. The highest BCUT2D eigenvalue weighted by Crippen LogP contribution is 2.47. The van der Waals surface area contributed by atoms with E-state index in [2.05, 4.69) is 33.4 Å². The zero-order valence-corrected chi connectivity index (χ0v) is 11.6. The van der Waals surface area contributed by atoms with Crippen molar-refractivity contribution in [3.63, 3.8) is 0 Å². The first kappa shape index (κ1) is 14.7. The minimum Gasteiger partial charge on any atom is -0.389 e. The maximum atomic E-state index is 10.3. The lowest BCUT2D eigenvalue weighted by molar-refractivity contribution is 0.0711. The number of aliphatic hydroxyl groups excluding tert-OH is 1. The van der Waals surface area contributed by atoms with Gasteiger partial charge in [0.1, 0.15) is 0 Å². The third kappa shape index (κ3) is 2.91. The number of allylic oxidation sites excluding steroid dienone is 4. The van der Waals surface area contributed by atoms with Crippen molar-refractivity contribution in [1.82, 2.24) is 0 Å². The normalized spacial score (nSPS) is 24.9. The Balaban J connectivity index is 3.02. The second kappa shape index (κ2) is 6.02. The van der Waals surface area contributed by atoms with Gasteiger partial charge in [-0.1, -0.05) is 49.8 Å². The van der Waals surface area contributed by atoms with E-state index in [0.717, 1.165) is 12.8 Å².